The van der Waals surface area contributed by atoms with E-state index in [0.717, 1.165) is 16.6 Å². The molecule has 5 nitrogen and oxygen atoms in total. The molecule has 0 aliphatic carbocycles. The van der Waals surface area contributed by atoms with E-state index in [-0.39, 0.29) is 11.3 Å². The van der Waals surface area contributed by atoms with Crippen LogP contribution >= 0.6 is 23.4 Å². The van der Waals surface area contributed by atoms with Gasteiger partial charge in [0.2, 0.25) is 5.91 Å². The van der Waals surface area contributed by atoms with E-state index in [1.807, 2.05) is 12.2 Å². The third kappa shape index (κ3) is 2.93. The molecule has 110 valence electrons. The number of hydrogen-bond donors (Lipinski definition) is 1. The van der Waals surface area contributed by atoms with Crippen LogP contribution in [0.2, 0.25) is 0 Å². The molecule has 1 amide bonds. The second kappa shape index (κ2) is 5.52. The van der Waals surface area contributed by atoms with Crippen molar-refractivity contribution in [1.82, 2.24) is 4.90 Å². The predicted molar refractivity (Wildman–Crippen MR) is 81.0 cm³/mol. The highest BCUT2D eigenvalue weighted by Crippen LogP contribution is 2.40. The number of halogens is 1. The van der Waals surface area contributed by atoms with Gasteiger partial charge in [-0.05, 0) is 23.3 Å². The minimum Gasteiger partial charge on any atom is -0.328 e. The van der Waals surface area contributed by atoms with Crippen LogP contribution in [0.1, 0.15) is 0 Å². The standard InChI is InChI=1S/C13H19ClN3O2S/c1-17(2,3)6-4-5-8-7-20-13-9(15)12(19)16(13)10(8)11(14)18/h4-5,9,13H,6-7,15H2,1-3H3/q+1/t9-,13-/m1/s1. The first-order chi connectivity index (χ1) is 9.22. The maximum atomic E-state index is 11.8. The van der Waals surface area contributed by atoms with Gasteiger partial charge in [0, 0.05) is 5.75 Å². The molecule has 0 aromatic carbocycles. The Bertz CT molecular complexity index is 510. The molecule has 20 heavy (non-hydrogen) atoms. The van der Waals surface area contributed by atoms with Gasteiger partial charge in [-0.3, -0.25) is 14.5 Å². The summed E-state index contributed by atoms with van der Waals surface area (Å²) in [5.41, 5.74) is 6.82. The van der Waals surface area contributed by atoms with Crippen molar-refractivity contribution in [2.24, 2.45) is 5.73 Å². The number of allylic oxidation sites excluding steroid dienone is 2. The van der Waals surface area contributed by atoms with Crippen LogP contribution in [0, 0.1) is 0 Å². The van der Waals surface area contributed by atoms with E-state index in [4.69, 9.17) is 17.3 Å². The molecule has 0 radical (unpaired) electrons. The number of thioether (sulfide) groups is 1. The fraction of sp³-hybridized carbons (Fsp3) is 0.538. The van der Waals surface area contributed by atoms with Gasteiger partial charge in [-0.15, -0.1) is 11.8 Å². The zero-order valence-corrected chi connectivity index (χ0v) is 13.4. The Labute approximate surface area is 128 Å². The van der Waals surface area contributed by atoms with Crippen LogP contribution < -0.4 is 5.73 Å². The first-order valence-corrected chi connectivity index (χ1v) is 7.75. The summed E-state index contributed by atoms with van der Waals surface area (Å²) in [6.45, 7) is 0.828. The third-order valence-electron chi connectivity index (χ3n) is 3.20. The van der Waals surface area contributed by atoms with Gasteiger partial charge < -0.3 is 10.2 Å². The van der Waals surface area contributed by atoms with Crippen molar-refractivity contribution < 1.29 is 14.1 Å². The molecule has 2 heterocycles. The summed E-state index contributed by atoms with van der Waals surface area (Å²) in [6, 6.07) is -0.525. The lowest BCUT2D eigenvalue weighted by Crippen LogP contribution is -2.68. The number of nitrogens with zero attached hydrogens (tertiary/aromatic N) is 2. The molecular weight excluding hydrogens is 298 g/mol. The first kappa shape index (κ1) is 15.6. The average molecular weight is 317 g/mol. The average Bonchev–Trinajstić information content (AvgIpc) is 2.35. The molecule has 7 heteroatoms. The lowest BCUT2D eigenvalue weighted by molar-refractivity contribution is -0.864. The van der Waals surface area contributed by atoms with Crippen molar-refractivity contribution >= 4 is 34.5 Å². The summed E-state index contributed by atoms with van der Waals surface area (Å²) in [6.07, 6.45) is 3.89. The van der Waals surface area contributed by atoms with Crippen molar-refractivity contribution in [1.29, 1.82) is 0 Å². The zero-order valence-electron chi connectivity index (χ0n) is 11.8. The van der Waals surface area contributed by atoms with Crippen LogP contribution in [0.3, 0.4) is 0 Å². The summed E-state index contributed by atoms with van der Waals surface area (Å²) >= 11 is 7.22. The molecule has 0 saturated carbocycles. The normalized spacial score (nSPS) is 26.9. The van der Waals surface area contributed by atoms with Gasteiger partial charge in [0.1, 0.15) is 17.1 Å². The second-order valence-electron chi connectivity index (χ2n) is 5.96. The highest BCUT2D eigenvalue weighted by atomic mass is 35.5. The van der Waals surface area contributed by atoms with E-state index in [1.165, 1.54) is 4.90 Å². The molecule has 1 saturated heterocycles. The molecule has 1 fully saturated rings. The number of carbonyl (C=O) groups excluding carboxylic acids is 2. The molecule has 2 aliphatic rings. The Hall–Kier alpha value is -0.820. The van der Waals surface area contributed by atoms with Crippen molar-refractivity contribution in [2.45, 2.75) is 11.4 Å². The summed E-state index contributed by atoms with van der Waals surface area (Å²) in [5.74, 6) is 0.410. The van der Waals surface area contributed by atoms with Gasteiger partial charge in [0.25, 0.3) is 5.24 Å². The topological polar surface area (TPSA) is 63.4 Å². The number of amides is 1. The molecule has 2 rings (SSSR count). The van der Waals surface area contributed by atoms with Gasteiger partial charge in [-0.2, -0.15) is 0 Å². The highest BCUT2D eigenvalue weighted by molar-refractivity contribution is 8.00. The fourth-order valence-electron chi connectivity index (χ4n) is 2.16. The maximum Gasteiger partial charge on any atom is 0.269 e. The number of fused-ring (bicyclic) bond motifs is 1. The number of β-lactam (4-membered cyclic amide) rings is 1. The second-order valence-corrected chi connectivity index (χ2v) is 7.41. The molecule has 0 aromatic rings. The van der Waals surface area contributed by atoms with Crippen LogP contribution in [0.5, 0.6) is 0 Å². The summed E-state index contributed by atoms with van der Waals surface area (Å²) in [7, 11) is 6.24. The molecule has 0 aromatic heterocycles. The molecule has 2 N–H and O–H groups in total. The van der Waals surface area contributed by atoms with Crippen LogP contribution in [-0.4, -0.2) is 65.4 Å². The number of rotatable bonds is 4. The third-order valence-corrected chi connectivity index (χ3v) is 4.70. The van der Waals surface area contributed by atoms with Crippen LogP contribution in [0.15, 0.2) is 23.4 Å². The van der Waals surface area contributed by atoms with E-state index >= 15 is 0 Å². The van der Waals surface area contributed by atoms with Crippen LogP contribution in [0.25, 0.3) is 0 Å². The lowest BCUT2D eigenvalue weighted by atomic mass is 10.0. The SMILES string of the molecule is C[N+](C)(C)CC=CC1=C(C(=O)Cl)N2C(=O)[C@@H](N)[C@H]2SC1. The highest BCUT2D eigenvalue weighted by Gasteiger charge is 2.51. The monoisotopic (exact) mass is 316 g/mol. The van der Waals surface area contributed by atoms with Crippen LogP contribution in [-0.2, 0) is 9.59 Å². The quantitative estimate of drug-likeness (QED) is 0.466. The molecule has 0 bridgehead atoms. The van der Waals surface area contributed by atoms with Gasteiger partial charge in [-0.25, -0.2) is 0 Å². The van der Waals surface area contributed by atoms with Gasteiger partial charge in [0.15, 0.2) is 0 Å². The van der Waals surface area contributed by atoms with Crippen molar-refractivity contribution in [3.05, 3.63) is 23.4 Å². The summed E-state index contributed by atoms with van der Waals surface area (Å²) in [5, 5.41) is -0.754. The minimum atomic E-state index is -0.597. The largest absolute Gasteiger partial charge is 0.328 e. The molecule has 0 unspecified atom stereocenters. The van der Waals surface area contributed by atoms with E-state index in [1.54, 1.807) is 11.8 Å². The Morgan fingerprint density at radius 1 is 1.55 bits per heavy atom. The molecule has 2 atom stereocenters. The molecule has 0 spiro atoms. The van der Waals surface area contributed by atoms with Crippen LogP contribution in [0.4, 0.5) is 0 Å². The lowest BCUT2D eigenvalue weighted by Gasteiger charge is -2.48. The summed E-state index contributed by atoms with van der Waals surface area (Å²) in [4.78, 5) is 24.9. The first-order valence-electron chi connectivity index (χ1n) is 6.32. The van der Waals surface area contributed by atoms with Gasteiger partial charge in [0.05, 0.1) is 27.7 Å². The number of carbonyl (C=O) groups is 2. The van der Waals surface area contributed by atoms with Gasteiger partial charge >= 0.3 is 0 Å². The van der Waals surface area contributed by atoms with Crippen molar-refractivity contribution in [3.8, 4) is 0 Å². The Kier molecular flexibility index (Phi) is 4.30. The van der Waals surface area contributed by atoms with E-state index in [0.29, 0.717) is 11.4 Å². The number of quaternary nitrogens is 1. The predicted octanol–water partition coefficient (Wildman–Crippen LogP) is 0.511. The van der Waals surface area contributed by atoms with E-state index in [2.05, 4.69) is 21.1 Å². The smallest absolute Gasteiger partial charge is 0.269 e. The zero-order chi connectivity index (χ0) is 15.1. The maximum absolute atomic E-state index is 11.8. The van der Waals surface area contributed by atoms with E-state index < -0.39 is 11.3 Å². The Morgan fingerprint density at radius 3 is 2.75 bits per heavy atom. The molecular formula is C13H19ClN3O2S+. The van der Waals surface area contributed by atoms with E-state index in [9.17, 15) is 9.59 Å². The Morgan fingerprint density at radius 2 is 2.20 bits per heavy atom. The van der Waals surface area contributed by atoms with Gasteiger partial charge in [-0.1, -0.05) is 6.08 Å². The molecule has 2 aliphatic heterocycles. The minimum absolute atomic E-state index is 0.157. The fourth-order valence-corrected chi connectivity index (χ4v) is 3.64. The Balaban J connectivity index is 2.25. The number of likely N-dealkylation sites (N-methyl/N-ethyl adjacent to an activating group) is 1. The van der Waals surface area contributed by atoms with Crippen molar-refractivity contribution in [3.63, 3.8) is 0 Å². The summed E-state index contributed by atoms with van der Waals surface area (Å²) < 4.78 is 0.789. The van der Waals surface area contributed by atoms with Crippen molar-refractivity contribution in [2.75, 3.05) is 33.4 Å². The number of hydrogen-bond acceptors (Lipinski definition) is 4. The number of nitrogens with two attached hydrogens (primary N) is 1.